The fourth-order valence-electron chi connectivity index (χ4n) is 3.80. The molecule has 2 heterocycles. The van der Waals surface area contributed by atoms with Crippen molar-refractivity contribution in [2.45, 2.75) is 12.3 Å². The zero-order valence-electron chi connectivity index (χ0n) is 14.4. The summed E-state index contributed by atoms with van der Waals surface area (Å²) >= 11 is 6.03. The Hall–Kier alpha value is -3.11. The van der Waals surface area contributed by atoms with Crippen molar-refractivity contribution in [1.82, 2.24) is 10.2 Å². The third-order valence-corrected chi connectivity index (χ3v) is 5.36. The van der Waals surface area contributed by atoms with Gasteiger partial charge < -0.3 is 5.32 Å². The lowest BCUT2D eigenvalue weighted by atomic mass is 9.84. The third-order valence-electron chi connectivity index (χ3n) is 5.11. The van der Waals surface area contributed by atoms with Crippen LogP contribution in [-0.2, 0) is 4.79 Å². The Morgan fingerprint density at radius 3 is 2.56 bits per heavy atom. The molecular weight excluding hydrogens is 358 g/mol. The molecule has 0 saturated heterocycles. The van der Waals surface area contributed by atoms with E-state index in [1.165, 1.54) is 10.8 Å². The Bertz CT molecular complexity index is 1160. The highest BCUT2D eigenvalue weighted by Crippen LogP contribution is 2.42. The van der Waals surface area contributed by atoms with Crippen molar-refractivity contribution in [3.63, 3.8) is 0 Å². The second-order valence-corrected chi connectivity index (χ2v) is 7.22. The third kappa shape index (κ3) is 2.78. The molecule has 1 atom stereocenters. The Morgan fingerprint density at radius 1 is 0.963 bits per heavy atom. The van der Waals surface area contributed by atoms with Crippen LogP contribution < -0.4 is 5.32 Å². The number of fused-ring (bicyclic) bond motifs is 2. The van der Waals surface area contributed by atoms with Crippen LogP contribution in [0, 0.1) is 0 Å². The Labute approximate surface area is 161 Å². The van der Waals surface area contributed by atoms with Gasteiger partial charge in [0, 0.05) is 28.5 Å². The summed E-state index contributed by atoms with van der Waals surface area (Å²) in [6, 6.07) is 22.3. The van der Waals surface area contributed by atoms with Gasteiger partial charge in [0.2, 0.25) is 5.91 Å². The van der Waals surface area contributed by atoms with Crippen molar-refractivity contribution >= 4 is 34.1 Å². The minimum Gasteiger partial charge on any atom is -0.309 e. The topological polar surface area (TPSA) is 57.8 Å². The zero-order valence-corrected chi connectivity index (χ0v) is 15.1. The predicted octanol–water partition coefficient (Wildman–Crippen LogP) is 5.36. The van der Waals surface area contributed by atoms with Crippen LogP contribution in [0.1, 0.15) is 23.5 Å². The van der Waals surface area contributed by atoms with Gasteiger partial charge in [0.25, 0.3) is 0 Å². The summed E-state index contributed by atoms with van der Waals surface area (Å²) in [4.78, 5) is 12.3. The molecule has 1 aromatic heterocycles. The van der Waals surface area contributed by atoms with E-state index in [0.717, 1.165) is 22.4 Å². The number of benzene rings is 3. The van der Waals surface area contributed by atoms with E-state index in [0.29, 0.717) is 17.3 Å². The molecule has 132 valence electrons. The van der Waals surface area contributed by atoms with E-state index >= 15 is 0 Å². The summed E-state index contributed by atoms with van der Waals surface area (Å²) in [5.74, 6) is 0.534. The van der Waals surface area contributed by atoms with Crippen molar-refractivity contribution in [1.29, 1.82) is 0 Å². The summed E-state index contributed by atoms with van der Waals surface area (Å²) in [6.45, 7) is 0. The van der Waals surface area contributed by atoms with Crippen molar-refractivity contribution in [2.75, 3.05) is 5.32 Å². The first-order valence-electron chi connectivity index (χ1n) is 8.82. The standard InChI is InChI=1S/C22H16ClN3O/c23-17-9-7-14(8-10-17)21-20-18(12-19(27)24-22(20)26-25-21)16-6-5-13-3-1-2-4-15(13)11-16/h1-11,18H,12H2,(H2,24,25,26,27). The number of carbonyl (C=O) groups is 1. The van der Waals surface area contributed by atoms with Crippen LogP contribution in [0.5, 0.6) is 0 Å². The molecule has 0 radical (unpaired) electrons. The number of anilines is 1. The monoisotopic (exact) mass is 373 g/mol. The first-order valence-corrected chi connectivity index (χ1v) is 9.19. The Kier molecular flexibility index (Phi) is 3.73. The van der Waals surface area contributed by atoms with Crippen molar-refractivity contribution < 1.29 is 4.79 Å². The summed E-state index contributed by atoms with van der Waals surface area (Å²) < 4.78 is 0. The quantitative estimate of drug-likeness (QED) is 0.497. The molecule has 1 aliphatic rings. The van der Waals surface area contributed by atoms with Gasteiger partial charge in [0.15, 0.2) is 5.82 Å². The number of rotatable bonds is 2. The minimum atomic E-state index is -0.0530. The number of amides is 1. The fraction of sp³-hybridized carbons (Fsp3) is 0.0909. The van der Waals surface area contributed by atoms with E-state index in [9.17, 15) is 4.79 Å². The van der Waals surface area contributed by atoms with Crippen LogP contribution in [0.4, 0.5) is 5.82 Å². The molecule has 5 rings (SSSR count). The van der Waals surface area contributed by atoms with Crippen molar-refractivity contribution in [3.8, 4) is 11.3 Å². The highest BCUT2D eigenvalue weighted by molar-refractivity contribution is 6.30. The number of aromatic amines is 1. The van der Waals surface area contributed by atoms with Gasteiger partial charge in [-0.1, -0.05) is 66.2 Å². The lowest BCUT2D eigenvalue weighted by molar-refractivity contribution is -0.116. The SMILES string of the molecule is O=C1CC(c2ccc3ccccc3c2)c2c(n[nH]c2-c2ccc(Cl)cc2)N1. The van der Waals surface area contributed by atoms with E-state index in [2.05, 4.69) is 45.8 Å². The Morgan fingerprint density at radius 2 is 1.74 bits per heavy atom. The second-order valence-electron chi connectivity index (χ2n) is 6.78. The molecule has 3 aromatic carbocycles. The Balaban J connectivity index is 1.67. The van der Waals surface area contributed by atoms with Gasteiger partial charge in [-0.15, -0.1) is 0 Å². The van der Waals surface area contributed by atoms with Gasteiger partial charge in [0.1, 0.15) is 0 Å². The number of hydrogen-bond acceptors (Lipinski definition) is 2. The van der Waals surface area contributed by atoms with Crippen molar-refractivity contribution in [3.05, 3.63) is 82.9 Å². The van der Waals surface area contributed by atoms with E-state index in [1.807, 2.05) is 36.4 Å². The summed E-state index contributed by atoms with van der Waals surface area (Å²) in [5, 5.41) is 13.4. The molecule has 0 saturated carbocycles. The first kappa shape index (κ1) is 16.1. The molecule has 0 aliphatic carbocycles. The zero-order chi connectivity index (χ0) is 18.4. The number of carbonyl (C=O) groups excluding carboxylic acids is 1. The summed E-state index contributed by atoms with van der Waals surface area (Å²) in [6.07, 6.45) is 0.394. The highest BCUT2D eigenvalue weighted by Gasteiger charge is 2.32. The van der Waals surface area contributed by atoms with Crippen LogP contribution in [0.3, 0.4) is 0 Å². The van der Waals surface area contributed by atoms with Crippen LogP contribution >= 0.6 is 11.6 Å². The minimum absolute atomic E-state index is 0.0187. The predicted molar refractivity (Wildman–Crippen MR) is 108 cm³/mol. The molecule has 0 fully saturated rings. The molecule has 1 amide bonds. The van der Waals surface area contributed by atoms with Gasteiger partial charge in [-0.2, -0.15) is 5.10 Å². The smallest absolute Gasteiger partial charge is 0.226 e. The molecular formula is C22H16ClN3O. The van der Waals surface area contributed by atoms with Gasteiger partial charge in [0.05, 0.1) is 5.69 Å². The second kappa shape index (κ2) is 6.25. The molecule has 1 aliphatic heterocycles. The maximum Gasteiger partial charge on any atom is 0.226 e. The lowest BCUT2D eigenvalue weighted by Gasteiger charge is -2.24. The van der Waals surface area contributed by atoms with E-state index in [-0.39, 0.29) is 11.8 Å². The normalized spacial score (nSPS) is 16.2. The molecule has 5 heteroatoms. The first-order chi connectivity index (χ1) is 13.2. The molecule has 0 spiro atoms. The number of aromatic nitrogens is 2. The van der Waals surface area contributed by atoms with Crippen LogP contribution in [0.15, 0.2) is 66.7 Å². The van der Waals surface area contributed by atoms with Crippen LogP contribution in [0.25, 0.3) is 22.0 Å². The van der Waals surface area contributed by atoms with Crippen molar-refractivity contribution in [2.24, 2.45) is 0 Å². The number of nitrogens with one attached hydrogen (secondary N) is 2. The van der Waals surface area contributed by atoms with E-state index < -0.39 is 0 Å². The number of hydrogen-bond donors (Lipinski definition) is 2. The van der Waals surface area contributed by atoms with E-state index in [4.69, 9.17) is 11.6 Å². The molecule has 4 nitrogen and oxygen atoms in total. The highest BCUT2D eigenvalue weighted by atomic mass is 35.5. The number of H-pyrrole nitrogens is 1. The molecule has 4 aromatic rings. The van der Waals surface area contributed by atoms with Crippen LogP contribution in [-0.4, -0.2) is 16.1 Å². The molecule has 27 heavy (non-hydrogen) atoms. The number of nitrogens with zero attached hydrogens (tertiary/aromatic N) is 1. The van der Waals surface area contributed by atoms with Gasteiger partial charge in [-0.05, 0) is 28.5 Å². The summed E-state index contributed by atoms with van der Waals surface area (Å²) in [7, 11) is 0. The maximum absolute atomic E-state index is 12.3. The van der Waals surface area contributed by atoms with Crippen LogP contribution in [0.2, 0.25) is 5.02 Å². The molecule has 0 bridgehead atoms. The maximum atomic E-state index is 12.3. The number of halogens is 1. The van der Waals surface area contributed by atoms with E-state index in [1.54, 1.807) is 0 Å². The van der Waals surface area contributed by atoms with Gasteiger partial charge in [-0.3, -0.25) is 9.89 Å². The fourth-order valence-corrected chi connectivity index (χ4v) is 3.93. The average molecular weight is 374 g/mol. The van der Waals surface area contributed by atoms with Gasteiger partial charge >= 0.3 is 0 Å². The largest absolute Gasteiger partial charge is 0.309 e. The average Bonchev–Trinajstić information content (AvgIpc) is 3.11. The van der Waals surface area contributed by atoms with Gasteiger partial charge in [-0.25, -0.2) is 0 Å². The summed E-state index contributed by atoms with van der Waals surface area (Å²) in [5.41, 5.74) is 4.04. The lowest BCUT2D eigenvalue weighted by Crippen LogP contribution is -2.23. The molecule has 1 unspecified atom stereocenters. The molecule has 2 N–H and O–H groups in total.